The van der Waals surface area contributed by atoms with E-state index in [0.29, 0.717) is 5.41 Å². The third-order valence-electron chi connectivity index (χ3n) is 6.85. The zero-order valence-electron chi connectivity index (χ0n) is 14.2. The van der Waals surface area contributed by atoms with Crippen molar-refractivity contribution in [3.63, 3.8) is 0 Å². The molecule has 2 fully saturated rings. The Bertz CT molecular complexity index is 283. The molecular weight excluding hydrogens is 242 g/mol. The lowest BCUT2D eigenvalue weighted by Crippen LogP contribution is -2.27. The van der Waals surface area contributed by atoms with E-state index < -0.39 is 0 Å². The first kappa shape index (κ1) is 16.3. The minimum absolute atomic E-state index is 0.557. The Morgan fingerprint density at radius 1 is 0.900 bits per heavy atom. The van der Waals surface area contributed by atoms with E-state index in [-0.39, 0.29) is 0 Å². The van der Waals surface area contributed by atoms with Crippen molar-refractivity contribution in [1.82, 2.24) is 0 Å². The third-order valence-corrected chi connectivity index (χ3v) is 6.85. The molecule has 0 amide bonds. The standard InChI is InChI=1S/C19H37N/c1-4-19(2,3)18-10-6-8-16(11-12-18)17-9-5-7-15(13-17)14-20/h15-18H,4-14,20H2,1-3H3. The first-order valence-electron chi connectivity index (χ1n) is 9.27. The molecule has 0 saturated heterocycles. The second-order valence-electron chi connectivity index (χ2n) is 8.34. The number of hydrogen-bond donors (Lipinski definition) is 1. The van der Waals surface area contributed by atoms with Gasteiger partial charge in [-0.2, -0.15) is 0 Å². The fourth-order valence-corrected chi connectivity index (χ4v) is 4.85. The summed E-state index contributed by atoms with van der Waals surface area (Å²) < 4.78 is 0. The number of nitrogens with two attached hydrogens (primary N) is 1. The lowest BCUT2D eigenvalue weighted by molar-refractivity contribution is 0.163. The van der Waals surface area contributed by atoms with Crippen LogP contribution in [0.15, 0.2) is 0 Å². The van der Waals surface area contributed by atoms with Crippen LogP contribution < -0.4 is 5.73 Å². The third kappa shape index (κ3) is 4.00. The van der Waals surface area contributed by atoms with E-state index in [1.165, 1.54) is 64.2 Å². The summed E-state index contributed by atoms with van der Waals surface area (Å²) in [4.78, 5) is 0. The van der Waals surface area contributed by atoms with Crippen LogP contribution in [0.3, 0.4) is 0 Å². The van der Waals surface area contributed by atoms with Gasteiger partial charge in [-0.25, -0.2) is 0 Å². The molecule has 0 aromatic rings. The Labute approximate surface area is 127 Å². The molecule has 0 radical (unpaired) electrons. The second-order valence-corrected chi connectivity index (χ2v) is 8.34. The molecule has 4 unspecified atom stereocenters. The average molecular weight is 280 g/mol. The minimum Gasteiger partial charge on any atom is -0.330 e. The maximum absolute atomic E-state index is 5.92. The maximum atomic E-state index is 5.92. The van der Waals surface area contributed by atoms with Crippen molar-refractivity contribution in [2.45, 2.75) is 85.0 Å². The molecule has 0 bridgehead atoms. The monoisotopic (exact) mass is 279 g/mol. The van der Waals surface area contributed by atoms with E-state index in [2.05, 4.69) is 20.8 Å². The Morgan fingerprint density at radius 3 is 2.30 bits per heavy atom. The van der Waals surface area contributed by atoms with Gasteiger partial charge in [0.15, 0.2) is 0 Å². The van der Waals surface area contributed by atoms with Crippen LogP contribution in [0.25, 0.3) is 0 Å². The molecule has 0 aromatic heterocycles. The van der Waals surface area contributed by atoms with Crippen molar-refractivity contribution < 1.29 is 0 Å². The fraction of sp³-hybridized carbons (Fsp3) is 1.00. The summed E-state index contributed by atoms with van der Waals surface area (Å²) >= 11 is 0. The molecule has 2 aliphatic carbocycles. The van der Waals surface area contributed by atoms with Gasteiger partial charge in [0.2, 0.25) is 0 Å². The molecule has 1 heteroatoms. The topological polar surface area (TPSA) is 26.0 Å². The molecule has 0 heterocycles. The van der Waals surface area contributed by atoms with Crippen LogP contribution in [0.2, 0.25) is 0 Å². The molecule has 0 aromatic carbocycles. The van der Waals surface area contributed by atoms with Gasteiger partial charge < -0.3 is 5.73 Å². The van der Waals surface area contributed by atoms with Crippen molar-refractivity contribution in [2.75, 3.05) is 6.54 Å². The van der Waals surface area contributed by atoms with Crippen LogP contribution in [0.5, 0.6) is 0 Å². The summed E-state index contributed by atoms with van der Waals surface area (Å²) in [6.07, 6.45) is 14.5. The summed E-state index contributed by atoms with van der Waals surface area (Å²) in [7, 11) is 0. The molecule has 4 atom stereocenters. The zero-order chi connectivity index (χ0) is 14.6. The van der Waals surface area contributed by atoms with Gasteiger partial charge in [-0.05, 0) is 67.7 Å². The zero-order valence-corrected chi connectivity index (χ0v) is 14.2. The first-order valence-corrected chi connectivity index (χ1v) is 9.27. The smallest absolute Gasteiger partial charge is 0.00488 e. The number of rotatable bonds is 4. The summed E-state index contributed by atoms with van der Waals surface area (Å²) in [6.45, 7) is 8.27. The molecule has 2 rings (SSSR count). The maximum Gasteiger partial charge on any atom is -0.00488 e. The van der Waals surface area contributed by atoms with Crippen LogP contribution >= 0.6 is 0 Å². The van der Waals surface area contributed by atoms with E-state index in [0.717, 1.165) is 30.2 Å². The average Bonchev–Trinajstić information content (AvgIpc) is 2.73. The van der Waals surface area contributed by atoms with Crippen LogP contribution in [-0.2, 0) is 0 Å². The highest BCUT2D eigenvalue weighted by Crippen LogP contribution is 2.45. The van der Waals surface area contributed by atoms with Crippen molar-refractivity contribution in [2.24, 2.45) is 34.8 Å². The molecule has 20 heavy (non-hydrogen) atoms. The van der Waals surface area contributed by atoms with Gasteiger partial charge in [-0.3, -0.25) is 0 Å². The first-order chi connectivity index (χ1) is 9.56. The molecule has 2 saturated carbocycles. The Balaban J connectivity index is 1.89. The number of hydrogen-bond acceptors (Lipinski definition) is 1. The van der Waals surface area contributed by atoms with Crippen LogP contribution in [-0.4, -0.2) is 6.54 Å². The van der Waals surface area contributed by atoms with Crippen molar-refractivity contribution in [3.05, 3.63) is 0 Å². The van der Waals surface area contributed by atoms with Gasteiger partial charge in [0.1, 0.15) is 0 Å². The van der Waals surface area contributed by atoms with Gasteiger partial charge in [-0.1, -0.05) is 52.9 Å². The van der Waals surface area contributed by atoms with E-state index in [4.69, 9.17) is 5.73 Å². The summed E-state index contributed by atoms with van der Waals surface area (Å²) in [5, 5.41) is 0. The molecule has 2 N–H and O–H groups in total. The van der Waals surface area contributed by atoms with Crippen LogP contribution in [0, 0.1) is 29.1 Å². The van der Waals surface area contributed by atoms with Gasteiger partial charge in [0.25, 0.3) is 0 Å². The van der Waals surface area contributed by atoms with E-state index in [1.54, 1.807) is 0 Å². The quantitative estimate of drug-likeness (QED) is 0.686. The van der Waals surface area contributed by atoms with Gasteiger partial charge in [0.05, 0.1) is 0 Å². The van der Waals surface area contributed by atoms with E-state index in [9.17, 15) is 0 Å². The lowest BCUT2D eigenvalue weighted by atomic mass is 9.71. The normalized spacial score (nSPS) is 36.6. The van der Waals surface area contributed by atoms with Gasteiger partial charge in [0, 0.05) is 0 Å². The molecule has 1 nitrogen and oxygen atoms in total. The Kier molecular flexibility index (Phi) is 5.95. The molecular formula is C19H37N. The van der Waals surface area contributed by atoms with E-state index in [1.807, 2.05) is 0 Å². The summed E-state index contributed by atoms with van der Waals surface area (Å²) in [5.41, 5.74) is 6.48. The Morgan fingerprint density at radius 2 is 1.60 bits per heavy atom. The molecule has 0 aliphatic heterocycles. The lowest BCUT2D eigenvalue weighted by Gasteiger charge is -2.35. The predicted octanol–water partition coefficient (Wildman–Crippen LogP) is 5.38. The van der Waals surface area contributed by atoms with Gasteiger partial charge >= 0.3 is 0 Å². The van der Waals surface area contributed by atoms with Crippen molar-refractivity contribution >= 4 is 0 Å². The predicted molar refractivity (Wildman–Crippen MR) is 88.6 cm³/mol. The van der Waals surface area contributed by atoms with Gasteiger partial charge in [-0.15, -0.1) is 0 Å². The van der Waals surface area contributed by atoms with E-state index >= 15 is 0 Å². The van der Waals surface area contributed by atoms with Crippen LogP contribution in [0.4, 0.5) is 0 Å². The summed E-state index contributed by atoms with van der Waals surface area (Å²) in [5.74, 6) is 3.81. The minimum atomic E-state index is 0.557. The largest absolute Gasteiger partial charge is 0.330 e. The molecule has 0 spiro atoms. The second kappa shape index (κ2) is 7.29. The SMILES string of the molecule is CCC(C)(C)C1CCCC(C2CCCC(CN)C2)CC1. The molecule has 2 aliphatic rings. The highest BCUT2D eigenvalue weighted by molar-refractivity contribution is 4.85. The van der Waals surface area contributed by atoms with Crippen LogP contribution in [0.1, 0.15) is 85.0 Å². The highest BCUT2D eigenvalue weighted by atomic mass is 14.6. The van der Waals surface area contributed by atoms with Crippen molar-refractivity contribution in [3.8, 4) is 0 Å². The highest BCUT2D eigenvalue weighted by Gasteiger charge is 2.33. The molecule has 118 valence electrons. The fourth-order valence-electron chi connectivity index (χ4n) is 4.85. The van der Waals surface area contributed by atoms with Crippen molar-refractivity contribution in [1.29, 1.82) is 0 Å². The summed E-state index contributed by atoms with van der Waals surface area (Å²) in [6, 6.07) is 0. The Hall–Kier alpha value is -0.0400.